The van der Waals surface area contributed by atoms with Crippen molar-refractivity contribution in [1.82, 2.24) is 0 Å². The Balaban J connectivity index is 2.01. The summed E-state index contributed by atoms with van der Waals surface area (Å²) >= 11 is 0. The molecule has 0 aromatic carbocycles. The van der Waals surface area contributed by atoms with Gasteiger partial charge >= 0.3 is 0 Å². The van der Waals surface area contributed by atoms with Crippen LogP contribution in [0.5, 0.6) is 0 Å². The van der Waals surface area contributed by atoms with E-state index in [-0.39, 0.29) is 12.3 Å². The number of hydrogen-bond donors (Lipinski definition) is 5. The maximum absolute atomic E-state index is 9.65. The third-order valence-electron chi connectivity index (χ3n) is 3.56. The van der Waals surface area contributed by atoms with E-state index in [9.17, 15) is 25.5 Å². The first-order valence-corrected chi connectivity index (χ1v) is 5.26. The van der Waals surface area contributed by atoms with E-state index < -0.39 is 30.5 Å². The molecule has 0 heterocycles. The zero-order chi connectivity index (χ0) is 11.2. The lowest BCUT2D eigenvalue weighted by Crippen LogP contribution is -2.31. The van der Waals surface area contributed by atoms with E-state index >= 15 is 0 Å². The van der Waals surface area contributed by atoms with Crippen molar-refractivity contribution in [3.05, 3.63) is 5.92 Å². The molecule has 0 aliphatic heterocycles. The lowest BCUT2D eigenvalue weighted by molar-refractivity contribution is -0.0175. The standard InChI is InChI=1S/C10H17O5/c11-6-1-4(2-7(6)12)5-3-8(13)10(15)9(5)14/h4,6-15H,1-3H2. The fraction of sp³-hybridized carbons (Fsp3) is 0.900. The van der Waals surface area contributed by atoms with Gasteiger partial charge in [0, 0.05) is 5.92 Å². The Morgan fingerprint density at radius 1 is 0.800 bits per heavy atom. The topological polar surface area (TPSA) is 101 Å². The van der Waals surface area contributed by atoms with Crippen LogP contribution in [-0.4, -0.2) is 56.1 Å². The molecule has 0 amide bonds. The van der Waals surface area contributed by atoms with Gasteiger partial charge in [0.2, 0.25) is 0 Å². The van der Waals surface area contributed by atoms with E-state index in [1.54, 1.807) is 0 Å². The van der Waals surface area contributed by atoms with Crippen molar-refractivity contribution in [1.29, 1.82) is 0 Å². The Morgan fingerprint density at radius 2 is 1.33 bits per heavy atom. The molecule has 0 bridgehead atoms. The summed E-state index contributed by atoms with van der Waals surface area (Å²) in [5, 5.41) is 47.2. The lowest BCUT2D eigenvalue weighted by atomic mass is 9.87. The smallest absolute Gasteiger partial charge is 0.106 e. The van der Waals surface area contributed by atoms with Crippen LogP contribution in [0.3, 0.4) is 0 Å². The summed E-state index contributed by atoms with van der Waals surface area (Å²) in [5.74, 6) is 0.558. The SMILES string of the molecule is OC1CC([C]2CC(O)C(O)C2O)CC1O. The normalized spacial score (nSPS) is 52.6. The highest BCUT2D eigenvalue weighted by atomic mass is 16.4. The lowest BCUT2D eigenvalue weighted by Gasteiger charge is -2.21. The van der Waals surface area contributed by atoms with E-state index in [0.717, 1.165) is 0 Å². The summed E-state index contributed by atoms with van der Waals surface area (Å²) in [6.07, 6.45) is -3.55. The van der Waals surface area contributed by atoms with Gasteiger partial charge in [-0.2, -0.15) is 0 Å². The summed E-state index contributed by atoms with van der Waals surface area (Å²) in [6, 6.07) is 0. The molecule has 87 valence electrons. The van der Waals surface area contributed by atoms with Crippen molar-refractivity contribution in [2.45, 2.75) is 49.8 Å². The van der Waals surface area contributed by atoms with Crippen molar-refractivity contribution >= 4 is 0 Å². The monoisotopic (exact) mass is 217 g/mol. The Morgan fingerprint density at radius 3 is 1.73 bits per heavy atom. The van der Waals surface area contributed by atoms with Crippen LogP contribution in [0.1, 0.15) is 19.3 Å². The van der Waals surface area contributed by atoms with E-state index in [4.69, 9.17) is 0 Å². The molecule has 0 spiro atoms. The third kappa shape index (κ3) is 1.90. The molecular formula is C10H17O5. The largest absolute Gasteiger partial charge is 0.390 e. The number of rotatable bonds is 1. The van der Waals surface area contributed by atoms with Crippen molar-refractivity contribution in [3.63, 3.8) is 0 Å². The summed E-state index contributed by atoms with van der Waals surface area (Å²) in [7, 11) is 0. The molecule has 5 N–H and O–H groups in total. The van der Waals surface area contributed by atoms with Crippen LogP contribution in [0.25, 0.3) is 0 Å². The molecule has 2 saturated carbocycles. The molecule has 5 nitrogen and oxygen atoms in total. The molecule has 5 heteroatoms. The van der Waals surface area contributed by atoms with Gasteiger partial charge < -0.3 is 25.5 Å². The summed E-state index contributed by atoms with van der Waals surface area (Å²) in [5.41, 5.74) is 0. The van der Waals surface area contributed by atoms with Crippen LogP contribution >= 0.6 is 0 Å². The van der Waals surface area contributed by atoms with Crippen LogP contribution in [0.15, 0.2) is 0 Å². The maximum atomic E-state index is 9.65. The Kier molecular flexibility index (Phi) is 3.00. The van der Waals surface area contributed by atoms with Gasteiger partial charge in [-0.25, -0.2) is 0 Å². The first-order chi connectivity index (χ1) is 7.00. The highest BCUT2D eigenvalue weighted by molar-refractivity contribution is 5.16. The predicted molar refractivity (Wildman–Crippen MR) is 50.6 cm³/mol. The second kappa shape index (κ2) is 3.99. The van der Waals surface area contributed by atoms with Crippen molar-refractivity contribution in [2.24, 2.45) is 5.92 Å². The number of hydrogen-bond acceptors (Lipinski definition) is 5. The molecule has 1 radical (unpaired) electrons. The van der Waals surface area contributed by atoms with Crippen LogP contribution in [0, 0.1) is 11.8 Å². The third-order valence-corrected chi connectivity index (χ3v) is 3.56. The van der Waals surface area contributed by atoms with E-state index in [1.165, 1.54) is 0 Å². The van der Waals surface area contributed by atoms with Gasteiger partial charge in [0.25, 0.3) is 0 Å². The first-order valence-electron chi connectivity index (χ1n) is 5.26. The van der Waals surface area contributed by atoms with Crippen LogP contribution in [0.4, 0.5) is 0 Å². The molecular weight excluding hydrogens is 200 g/mol. The van der Waals surface area contributed by atoms with Crippen molar-refractivity contribution in [2.75, 3.05) is 0 Å². The molecule has 0 saturated heterocycles. The van der Waals surface area contributed by atoms with Gasteiger partial charge in [0.05, 0.1) is 24.4 Å². The average Bonchev–Trinajstić information content (AvgIpc) is 2.63. The quantitative estimate of drug-likeness (QED) is 0.356. The molecule has 5 unspecified atom stereocenters. The summed E-state index contributed by atoms with van der Waals surface area (Å²) < 4.78 is 0. The van der Waals surface area contributed by atoms with E-state index in [0.29, 0.717) is 18.8 Å². The Hall–Kier alpha value is -0.200. The predicted octanol–water partition coefficient (Wildman–Crippen LogP) is -1.82. The molecule has 0 aromatic heterocycles. The van der Waals surface area contributed by atoms with Gasteiger partial charge in [-0.05, 0) is 25.2 Å². The second-order valence-electron chi connectivity index (χ2n) is 4.58. The number of aliphatic hydroxyl groups excluding tert-OH is 5. The fourth-order valence-corrected chi connectivity index (χ4v) is 2.62. The Bertz CT molecular complexity index is 224. The zero-order valence-corrected chi connectivity index (χ0v) is 8.32. The molecule has 15 heavy (non-hydrogen) atoms. The summed E-state index contributed by atoms with van der Waals surface area (Å²) in [6.45, 7) is 0. The minimum absolute atomic E-state index is 0.100. The molecule has 0 aromatic rings. The van der Waals surface area contributed by atoms with Crippen LogP contribution < -0.4 is 0 Å². The fourth-order valence-electron chi connectivity index (χ4n) is 2.62. The minimum Gasteiger partial charge on any atom is -0.390 e. The first kappa shape index (κ1) is 11.3. The van der Waals surface area contributed by atoms with Gasteiger partial charge in [-0.3, -0.25) is 0 Å². The van der Waals surface area contributed by atoms with Gasteiger partial charge in [-0.15, -0.1) is 0 Å². The van der Waals surface area contributed by atoms with Crippen LogP contribution in [0.2, 0.25) is 0 Å². The zero-order valence-electron chi connectivity index (χ0n) is 8.32. The van der Waals surface area contributed by atoms with E-state index in [1.807, 2.05) is 0 Å². The molecule has 5 atom stereocenters. The average molecular weight is 217 g/mol. The summed E-state index contributed by atoms with van der Waals surface area (Å²) in [4.78, 5) is 0. The second-order valence-corrected chi connectivity index (χ2v) is 4.58. The maximum Gasteiger partial charge on any atom is 0.106 e. The highest BCUT2D eigenvalue weighted by Crippen LogP contribution is 2.42. The molecule has 2 rings (SSSR count). The molecule has 2 aliphatic rings. The van der Waals surface area contributed by atoms with Gasteiger partial charge in [0.15, 0.2) is 0 Å². The van der Waals surface area contributed by atoms with Crippen molar-refractivity contribution < 1.29 is 25.5 Å². The highest BCUT2D eigenvalue weighted by Gasteiger charge is 2.47. The van der Waals surface area contributed by atoms with Gasteiger partial charge in [-0.1, -0.05) is 0 Å². The van der Waals surface area contributed by atoms with Crippen molar-refractivity contribution in [3.8, 4) is 0 Å². The van der Waals surface area contributed by atoms with E-state index in [2.05, 4.69) is 0 Å². The number of aliphatic hydroxyl groups is 5. The molecule has 2 fully saturated rings. The Labute approximate surface area is 88.0 Å². The van der Waals surface area contributed by atoms with Crippen LogP contribution in [-0.2, 0) is 0 Å². The minimum atomic E-state index is -1.13. The molecule has 2 aliphatic carbocycles. The van der Waals surface area contributed by atoms with Gasteiger partial charge in [0.1, 0.15) is 6.10 Å².